The molecule has 0 bridgehead atoms. The van der Waals surface area contributed by atoms with Crippen LogP contribution in [-0.4, -0.2) is 54.1 Å². The van der Waals surface area contributed by atoms with Gasteiger partial charge in [-0.3, -0.25) is 4.90 Å². The SMILES string of the molecule is C[C@@H]1Cc2cc(OC[C@H](C)C(F)(F)F)ccc2C=C1CN1CC(F)(C(=O)O)C1. The second-order valence-electron chi connectivity index (χ2n) is 7.85. The van der Waals surface area contributed by atoms with E-state index < -0.39 is 30.3 Å². The average molecular weight is 401 g/mol. The third kappa shape index (κ3) is 4.32. The van der Waals surface area contributed by atoms with Crippen molar-refractivity contribution in [2.75, 3.05) is 26.2 Å². The Kier molecular flexibility index (Phi) is 5.44. The molecule has 0 amide bonds. The lowest BCUT2D eigenvalue weighted by Gasteiger charge is -2.42. The lowest BCUT2D eigenvalue weighted by atomic mass is 9.83. The third-order valence-electron chi connectivity index (χ3n) is 5.41. The highest BCUT2D eigenvalue weighted by molar-refractivity contribution is 5.79. The largest absolute Gasteiger partial charge is 0.493 e. The number of carbonyl (C=O) groups is 1. The van der Waals surface area contributed by atoms with E-state index in [0.717, 1.165) is 23.6 Å². The van der Waals surface area contributed by atoms with Crippen LogP contribution in [0.5, 0.6) is 5.75 Å². The molecule has 8 heteroatoms. The van der Waals surface area contributed by atoms with Gasteiger partial charge in [0.1, 0.15) is 5.75 Å². The maximum absolute atomic E-state index is 13.9. The summed E-state index contributed by atoms with van der Waals surface area (Å²) in [5, 5.41) is 8.86. The Balaban J connectivity index is 1.64. The Hall–Kier alpha value is -2.09. The first kappa shape index (κ1) is 20.6. The fourth-order valence-electron chi connectivity index (χ4n) is 3.48. The molecular weight excluding hydrogens is 378 g/mol. The zero-order chi connectivity index (χ0) is 20.7. The summed E-state index contributed by atoms with van der Waals surface area (Å²) in [5.41, 5.74) is 0.868. The van der Waals surface area contributed by atoms with Gasteiger partial charge in [0.15, 0.2) is 0 Å². The molecule has 3 rings (SSSR count). The maximum atomic E-state index is 13.9. The summed E-state index contributed by atoms with van der Waals surface area (Å²) in [7, 11) is 0. The minimum Gasteiger partial charge on any atom is -0.493 e. The van der Waals surface area contributed by atoms with Gasteiger partial charge >= 0.3 is 12.1 Å². The molecule has 2 aliphatic rings. The molecule has 1 saturated heterocycles. The molecule has 0 aromatic heterocycles. The first-order valence-corrected chi connectivity index (χ1v) is 9.15. The summed E-state index contributed by atoms with van der Waals surface area (Å²) in [6.45, 7) is 2.94. The van der Waals surface area contributed by atoms with Crippen molar-refractivity contribution in [1.29, 1.82) is 0 Å². The number of benzene rings is 1. The van der Waals surface area contributed by atoms with Gasteiger partial charge in [0.2, 0.25) is 5.67 Å². The Morgan fingerprint density at radius 2 is 2.07 bits per heavy atom. The molecule has 1 aliphatic heterocycles. The predicted octanol–water partition coefficient (Wildman–Crippen LogP) is 3.95. The van der Waals surface area contributed by atoms with E-state index >= 15 is 0 Å². The van der Waals surface area contributed by atoms with Crippen LogP contribution in [0.3, 0.4) is 0 Å². The standard InChI is InChI=1S/C20H23F4NO3/c1-12-5-15-7-17(28-9-13(2)20(22,23)24)4-3-14(15)6-16(12)8-25-10-19(21,11-25)18(26)27/h3-4,6-7,12-13H,5,8-11H2,1-2H3,(H,26,27)/t12-,13+/m1/s1. The zero-order valence-corrected chi connectivity index (χ0v) is 15.7. The predicted molar refractivity (Wildman–Crippen MR) is 95.9 cm³/mol. The van der Waals surface area contributed by atoms with E-state index in [2.05, 4.69) is 0 Å². The molecule has 1 heterocycles. The van der Waals surface area contributed by atoms with Crippen molar-refractivity contribution in [3.8, 4) is 5.75 Å². The van der Waals surface area contributed by atoms with E-state index in [1.807, 2.05) is 19.1 Å². The fourth-order valence-corrected chi connectivity index (χ4v) is 3.48. The Labute approximate surface area is 160 Å². The van der Waals surface area contributed by atoms with Crippen molar-refractivity contribution >= 4 is 12.0 Å². The van der Waals surface area contributed by atoms with Crippen LogP contribution in [0.25, 0.3) is 6.08 Å². The van der Waals surface area contributed by atoms with Gasteiger partial charge < -0.3 is 9.84 Å². The first-order valence-electron chi connectivity index (χ1n) is 9.15. The van der Waals surface area contributed by atoms with Crippen molar-refractivity contribution < 1.29 is 32.2 Å². The van der Waals surface area contributed by atoms with E-state index in [1.165, 1.54) is 0 Å². The quantitative estimate of drug-likeness (QED) is 0.734. The van der Waals surface area contributed by atoms with Gasteiger partial charge in [-0.25, -0.2) is 9.18 Å². The Morgan fingerprint density at radius 3 is 2.68 bits per heavy atom. The van der Waals surface area contributed by atoms with Crippen molar-refractivity contribution in [1.82, 2.24) is 4.90 Å². The van der Waals surface area contributed by atoms with E-state index in [9.17, 15) is 22.4 Å². The summed E-state index contributed by atoms with van der Waals surface area (Å²) in [5.74, 6) is -2.40. The van der Waals surface area contributed by atoms with Gasteiger partial charge in [-0.05, 0) is 35.6 Å². The summed E-state index contributed by atoms with van der Waals surface area (Å²) in [6.07, 6.45) is -1.60. The second-order valence-corrected chi connectivity index (χ2v) is 7.85. The fraction of sp³-hybridized carbons (Fsp3) is 0.550. The monoisotopic (exact) mass is 401 g/mol. The number of ether oxygens (including phenoxy) is 1. The van der Waals surface area contributed by atoms with Crippen LogP contribution in [0.1, 0.15) is 25.0 Å². The van der Waals surface area contributed by atoms with Crippen LogP contribution in [0.15, 0.2) is 23.8 Å². The number of alkyl halides is 4. The van der Waals surface area contributed by atoms with Crippen LogP contribution in [0.2, 0.25) is 0 Å². The van der Waals surface area contributed by atoms with Gasteiger partial charge in [0.05, 0.1) is 12.5 Å². The van der Waals surface area contributed by atoms with Crippen molar-refractivity contribution in [2.24, 2.45) is 11.8 Å². The highest BCUT2D eigenvalue weighted by Gasteiger charge is 2.50. The van der Waals surface area contributed by atoms with Crippen molar-refractivity contribution in [3.05, 3.63) is 34.9 Å². The number of carboxylic acids is 1. The molecular formula is C20H23F4NO3. The molecule has 28 heavy (non-hydrogen) atoms. The molecule has 1 aromatic carbocycles. The first-order chi connectivity index (χ1) is 13.0. The minimum atomic E-state index is -4.28. The number of nitrogens with zero attached hydrogens (tertiary/aromatic N) is 1. The van der Waals surface area contributed by atoms with E-state index in [-0.39, 0.29) is 19.0 Å². The summed E-state index contributed by atoms with van der Waals surface area (Å²) in [4.78, 5) is 12.6. The van der Waals surface area contributed by atoms with Crippen molar-refractivity contribution in [2.45, 2.75) is 32.1 Å². The Bertz CT molecular complexity index is 784. The maximum Gasteiger partial charge on any atom is 0.394 e. The third-order valence-corrected chi connectivity index (χ3v) is 5.41. The normalized spacial score (nSPS) is 22.6. The van der Waals surface area contributed by atoms with Crippen LogP contribution in [0, 0.1) is 11.8 Å². The van der Waals surface area contributed by atoms with Gasteiger partial charge in [-0.2, -0.15) is 13.2 Å². The number of likely N-dealkylation sites (tertiary alicyclic amines) is 1. The molecule has 0 radical (unpaired) electrons. The summed E-state index contributed by atoms with van der Waals surface area (Å²) >= 11 is 0. The Morgan fingerprint density at radius 1 is 1.39 bits per heavy atom. The lowest BCUT2D eigenvalue weighted by Crippen LogP contribution is -2.63. The molecule has 0 unspecified atom stereocenters. The van der Waals surface area contributed by atoms with Crippen LogP contribution >= 0.6 is 0 Å². The number of aliphatic carboxylic acids is 1. The highest BCUT2D eigenvalue weighted by Crippen LogP contribution is 2.34. The zero-order valence-electron chi connectivity index (χ0n) is 15.7. The molecule has 1 aliphatic carbocycles. The molecule has 1 fully saturated rings. The van der Waals surface area contributed by atoms with Gasteiger partial charge in [-0.15, -0.1) is 0 Å². The van der Waals surface area contributed by atoms with Gasteiger partial charge in [0.25, 0.3) is 0 Å². The molecule has 154 valence electrons. The van der Waals surface area contributed by atoms with Crippen LogP contribution in [-0.2, 0) is 11.2 Å². The number of hydrogen-bond acceptors (Lipinski definition) is 3. The molecule has 1 aromatic rings. The summed E-state index contributed by atoms with van der Waals surface area (Å²) < 4.78 is 57.0. The number of fused-ring (bicyclic) bond motifs is 1. The average Bonchev–Trinajstić information content (AvgIpc) is 2.57. The topological polar surface area (TPSA) is 49.8 Å². The number of rotatable bonds is 6. The van der Waals surface area contributed by atoms with E-state index in [0.29, 0.717) is 18.7 Å². The van der Waals surface area contributed by atoms with E-state index in [1.54, 1.807) is 17.0 Å². The van der Waals surface area contributed by atoms with E-state index in [4.69, 9.17) is 9.84 Å². The molecule has 0 saturated carbocycles. The van der Waals surface area contributed by atoms with Gasteiger partial charge in [-0.1, -0.05) is 31.6 Å². The second kappa shape index (κ2) is 7.39. The number of hydrogen-bond donors (Lipinski definition) is 1. The van der Waals surface area contributed by atoms with Crippen LogP contribution in [0.4, 0.5) is 17.6 Å². The molecule has 1 N–H and O–H groups in total. The number of carboxylic acid groups (broad SMARTS) is 1. The number of halogens is 4. The smallest absolute Gasteiger partial charge is 0.394 e. The van der Waals surface area contributed by atoms with Crippen molar-refractivity contribution in [3.63, 3.8) is 0 Å². The lowest BCUT2D eigenvalue weighted by molar-refractivity contribution is -0.176. The molecule has 0 spiro atoms. The minimum absolute atomic E-state index is 0.122. The molecule has 2 atom stereocenters. The van der Waals surface area contributed by atoms with Crippen LogP contribution < -0.4 is 4.74 Å². The van der Waals surface area contributed by atoms with Gasteiger partial charge in [0, 0.05) is 19.6 Å². The summed E-state index contributed by atoms with van der Waals surface area (Å²) in [6, 6.07) is 5.22. The molecule has 4 nitrogen and oxygen atoms in total. The highest BCUT2D eigenvalue weighted by atomic mass is 19.4.